The minimum atomic E-state index is -2.15. The van der Waals surface area contributed by atoms with Gasteiger partial charge in [-0.2, -0.15) is 0 Å². The van der Waals surface area contributed by atoms with Crippen LogP contribution >= 0.6 is 0 Å². The van der Waals surface area contributed by atoms with Gasteiger partial charge in [0.15, 0.2) is 14.1 Å². The molecule has 0 unspecified atom stereocenters. The number of esters is 1. The molecule has 1 aromatic carbocycles. The molecule has 0 N–H and O–H groups in total. The van der Waals surface area contributed by atoms with Crippen molar-refractivity contribution in [2.45, 2.75) is 58.9 Å². The van der Waals surface area contributed by atoms with Crippen LogP contribution in [0.25, 0.3) is 0 Å². The quantitative estimate of drug-likeness (QED) is 0.259. The molecular weight excluding hydrogens is 356 g/mol. The maximum atomic E-state index is 12.9. The molecule has 0 bridgehead atoms. The van der Waals surface area contributed by atoms with Crippen molar-refractivity contribution in [3.8, 4) is 0 Å². The van der Waals surface area contributed by atoms with E-state index in [0.29, 0.717) is 12.2 Å². The second-order valence-corrected chi connectivity index (χ2v) is 12.8. The second-order valence-electron chi connectivity index (χ2n) is 8.00. The first-order valence-electron chi connectivity index (χ1n) is 9.28. The van der Waals surface area contributed by atoms with Crippen molar-refractivity contribution in [2.75, 3.05) is 6.61 Å². The Hall–Kier alpha value is -1.98. The van der Waals surface area contributed by atoms with Crippen LogP contribution in [-0.2, 0) is 18.8 Å². The number of hydrogen-bond acceptors (Lipinski definition) is 4. The summed E-state index contributed by atoms with van der Waals surface area (Å²) in [5, 5.41) is -0.00950. The number of ketones is 1. The van der Waals surface area contributed by atoms with Crippen LogP contribution in [-0.4, -0.2) is 26.7 Å². The summed E-state index contributed by atoms with van der Waals surface area (Å²) in [6, 6.07) is 9.53. The molecule has 4 nitrogen and oxygen atoms in total. The largest absolute Gasteiger partial charge is 0.463 e. The van der Waals surface area contributed by atoms with Crippen molar-refractivity contribution >= 4 is 20.1 Å². The minimum Gasteiger partial charge on any atom is -0.463 e. The van der Waals surface area contributed by atoms with Crippen molar-refractivity contribution in [3.05, 3.63) is 59.7 Å². The highest BCUT2D eigenvalue weighted by Gasteiger charge is 2.40. The standard InChI is InChI=1S/C22H32O4Si/c1-8-25-21(24)17(2)13-12-16-19(23)20(18-14-10-9-11-15-18)26-27(6,7)22(3,4)5/h9-16,20H,8H2,1-7H3/b16-12+,17-13+/t20-/m1/s1. The smallest absolute Gasteiger partial charge is 0.333 e. The molecule has 0 heterocycles. The zero-order valence-electron chi connectivity index (χ0n) is 17.5. The van der Waals surface area contributed by atoms with Gasteiger partial charge in [0.05, 0.1) is 6.61 Å². The molecule has 1 rings (SSSR count). The average Bonchev–Trinajstić information content (AvgIpc) is 2.59. The van der Waals surface area contributed by atoms with E-state index in [1.54, 1.807) is 26.0 Å². The van der Waals surface area contributed by atoms with Crippen molar-refractivity contribution < 1.29 is 18.8 Å². The predicted molar refractivity (Wildman–Crippen MR) is 112 cm³/mol. The molecule has 0 fully saturated rings. The maximum absolute atomic E-state index is 12.9. The van der Waals surface area contributed by atoms with Crippen LogP contribution in [0.3, 0.4) is 0 Å². The summed E-state index contributed by atoms with van der Waals surface area (Å²) < 4.78 is 11.4. The molecule has 0 aliphatic heterocycles. The van der Waals surface area contributed by atoms with Gasteiger partial charge in [0.2, 0.25) is 0 Å². The summed E-state index contributed by atoms with van der Waals surface area (Å²) in [7, 11) is -2.15. The zero-order valence-corrected chi connectivity index (χ0v) is 18.5. The van der Waals surface area contributed by atoms with E-state index in [-0.39, 0.29) is 16.8 Å². The van der Waals surface area contributed by atoms with E-state index < -0.39 is 14.4 Å². The third-order valence-corrected chi connectivity index (χ3v) is 9.22. The van der Waals surface area contributed by atoms with E-state index >= 15 is 0 Å². The lowest BCUT2D eigenvalue weighted by Gasteiger charge is -2.38. The van der Waals surface area contributed by atoms with Gasteiger partial charge in [-0.15, -0.1) is 0 Å². The molecule has 0 aliphatic rings. The summed E-state index contributed by atoms with van der Waals surface area (Å²) in [6.45, 7) is 14.4. The second kappa shape index (κ2) is 9.81. The first-order valence-corrected chi connectivity index (χ1v) is 12.2. The summed E-state index contributed by atoms with van der Waals surface area (Å²) in [5.74, 6) is -0.523. The summed E-state index contributed by atoms with van der Waals surface area (Å²) in [6.07, 6.45) is 3.98. The van der Waals surface area contributed by atoms with Gasteiger partial charge >= 0.3 is 5.97 Å². The summed E-state index contributed by atoms with van der Waals surface area (Å²) in [4.78, 5) is 24.5. The van der Waals surface area contributed by atoms with Gasteiger partial charge in [-0.1, -0.05) is 63.3 Å². The summed E-state index contributed by atoms with van der Waals surface area (Å²) >= 11 is 0. The van der Waals surface area contributed by atoms with Crippen LogP contribution in [0, 0.1) is 0 Å². The number of carbonyl (C=O) groups excluding carboxylic acids is 2. The average molecular weight is 389 g/mol. The van der Waals surface area contributed by atoms with E-state index in [4.69, 9.17) is 9.16 Å². The van der Waals surface area contributed by atoms with Gasteiger partial charge in [-0.3, -0.25) is 4.79 Å². The number of hydrogen-bond donors (Lipinski definition) is 0. The lowest BCUT2D eigenvalue weighted by molar-refractivity contribution is -0.138. The zero-order chi connectivity index (χ0) is 20.7. The molecule has 27 heavy (non-hydrogen) atoms. The first-order chi connectivity index (χ1) is 12.5. The fourth-order valence-electron chi connectivity index (χ4n) is 2.08. The van der Waals surface area contributed by atoms with Crippen LogP contribution in [0.4, 0.5) is 0 Å². The number of benzene rings is 1. The van der Waals surface area contributed by atoms with E-state index in [0.717, 1.165) is 5.56 Å². The molecule has 0 saturated heterocycles. The molecule has 0 aromatic heterocycles. The molecule has 0 radical (unpaired) electrons. The third-order valence-electron chi connectivity index (χ3n) is 4.78. The van der Waals surface area contributed by atoms with Gasteiger partial charge in [-0.25, -0.2) is 4.79 Å². The normalized spacial score (nSPS) is 14.3. The lowest BCUT2D eigenvalue weighted by Crippen LogP contribution is -2.43. The van der Waals surface area contributed by atoms with Crippen molar-refractivity contribution in [1.29, 1.82) is 0 Å². The Labute approximate surface area is 164 Å². The highest BCUT2D eigenvalue weighted by molar-refractivity contribution is 6.74. The molecular formula is C22H32O4Si. The first kappa shape index (κ1) is 23.1. The Morgan fingerprint density at radius 2 is 1.74 bits per heavy atom. The highest BCUT2D eigenvalue weighted by Crippen LogP contribution is 2.40. The highest BCUT2D eigenvalue weighted by atomic mass is 28.4. The Morgan fingerprint density at radius 3 is 2.26 bits per heavy atom. The molecule has 0 saturated carbocycles. The number of carbonyl (C=O) groups is 2. The van der Waals surface area contributed by atoms with Gasteiger partial charge in [-0.05, 0) is 43.6 Å². The van der Waals surface area contributed by atoms with Crippen molar-refractivity contribution in [1.82, 2.24) is 0 Å². The third kappa shape index (κ3) is 6.92. The molecule has 148 valence electrons. The molecule has 5 heteroatoms. The van der Waals surface area contributed by atoms with E-state index in [2.05, 4.69) is 33.9 Å². The van der Waals surface area contributed by atoms with E-state index in [1.165, 1.54) is 6.08 Å². The van der Waals surface area contributed by atoms with Gasteiger partial charge in [0.25, 0.3) is 0 Å². The van der Waals surface area contributed by atoms with Gasteiger partial charge < -0.3 is 9.16 Å². The molecule has 0 amide bonds. The summed E-state index contributed by atoms with van der Waals surface area (Å²) in [5.41, 5.74) is 1.28. The minimum absolute atomic E-state index is 0.00950. The van der Waals surface area contributed by atoms with Crippen LogP contribution in [0.2, 0.25) is 18.1 Å². The van der Waals surface area contributed by atoms with Gasteiger partial charge in [0.1, 0.15) is 6.10 Å². The van der Waals surface area contributed by atoms with E-state index in [1.807, 2.05) is 30.3 Å². The Bertz CT molecular complexity index is 697. The van der Waals surface area contributed by atoms with E-state index in [9.17, 15) is 9.59 Å². The van der Waals surface area contributed by atoms with Crippen LogP contribution in [0.15, 0.2) is 54.1 Å². The van der Waals surface area contributed by atoms with Crippen LogP contribution in [0.1, 0.15) is 46.3 Å². The van der Waals surface area contributed by atoms with Crippen LogP contribution in [0.5, 0.6) is 0 Å². The van der Waals surface area contributed by atoms with Crippen LogP contribution < -0.4 is 0 Å². The fraction of sp³-hybridized carbons (Fsp3) is 0.455. The monoisotopic (exact) mass is 388 g/mol. The Balaban J connectivity index is 3.07. The number of allylic oxidation sites excluding steroid dienone is 2. The molecule has 1 atom stereocenters. The lowest BCUT2D eigenvalue weighted by atomic mass is 10.1. The SMILES string of the molecule is CCOC(=O)/C(C)=C/C=C/C(=O)[C@H](O[Si](C)(C)C(C)(C)C)c1ccccc1. The van der Waals surface area contributed by atoms with Crippen molar-refractivity contribution in [3.63, 3.8) is 0 Å². The predicted octanol–water partition coefficient (Wildman–Crippen LogP) is 5.38. The Morgan fingerprint density at radius 1 is 1.15 bits per heavy atom. The molecule has 1 aromatic rings. The Kier molecular flexibility index (Phi) is 8.38. The number of ether oxygens (including phenoxy) is 1. The molecule has 0 spiro atoms. The number of rotatable bonds is 8. The maximum Gasteiger partial charge on any atom is 0.333 e. The fourth-order valence-corrected chi connectivity index (χ4v) is 3.27. The topological polar surface area (TPSA) is 52.6 Å². The van der Waals surface area contributed by atoms with Gasteiger partial charge in [0, 0.05) is 5.57 Å². The molecule has 0 aliphatic carbocycles. The van der Waals surface area contributed by atoms with Crippen molar-refractivity contribution in [2.24, 2.45) is 0 Å².